The van der Waals surface area contributed by atoms with E-state index in [-0.39, 0.29) is 18.5 Å². The second-order valence-electron chi connectivity index (χ2n) is 5.39. The molecule has 0 aliphatic carbocycles. The highest BCUT2D eigenvalue weighted by atomic mass is 16.6. The molecule has 7 nitrogen and oxygen atoms in total. The van der Waals surface area contributed by atoms with Crippen LogP contribution >= 0.6 is 0 Å². The fourth-order valence-corrected chi connectivity index (χ4v) is 2.13. The van der Waals surface area contributed by atoms with Gasteiger partial charge in [0.25, 0.3) is 5.91 Å². The molecule has 0 unspecified atom stereocenters. The van der Waals surface area contributed by atoms with E-state index in [1.165, 1.54) is 0 Å². The van der Waals surface area contributed by atoms with E-state index in [1.807, 2.05) is 37.3 Å². The van der Waals surface area contributed by atoms with Crippen LogP contribution in [0.5, 0.6) is 0 Å². The maximum Gasteiger partial charge on any atom is 0.412 e. The summed E-state index contributed by atoms with van der Waals surface area (Å²) >= 11 is 0. The van der Waals surface area contributed by atoms with Crippen LogP contribution in [0.2, 0.25) is 0 Å². The van der Waals surface area contributed by atoms with Gasteiger partial charge in [0, 0.05) is 11.3 Å². The minimum absolute atomic E-state index is 0.0571. The van der Waals surface area contributed by atoms with Crippen molar-refractivity contribution in [2.75, 3.05) is 11.9 Å². The van der Waals surface area contributed by atoms with Crippen molar-refractivity contribution < 1.29 is 14.3 Å². The summed E-state index contributed by atoms with van der Waals surface area (Å²) in [7, 11) is 0. The number of amidine groups is 1. The summed E-state index contributed by atoms with van der Waals surface area (Å²) in [6, 6.07) is 15.7. The highest BCUT2D eigenvalue weighted by Crippen LogP contribution is 2.11. The van der Waals surface area contributed by atoms with Gasteiger partial charge in [-0.1, -0.05) is 30.3 Å². The third-order valence-electron chi connectivity index (χ3n) is 3.45. The second-order valence-corrected chi connectivity index (χ2v) is 5.39. The summed E-state index contributed by atoms with van der Waals surface area (Å²) in [4.78, 5) is 23.6. The smallest absolute Gasteiger partial charge is 0.412 e. The van der Waals surface area contributed by atoms with Crippen LogP contribution in [0.25, 0.3) is 0 Å². The molecular weight excluding hydrogens is 320 g/mol. The average Bonchev–Trinajstić information content (AvgIpc) is 2.61. The van der Waals surface area contributed by atoms with E-state index in [9.17, 15) is 9.59 Å². The predicted molar refractivity (Wildman–Crippen MR) is 95.4 cm³/mol. The third-order valence-corrected chi connectivity index (χ3v) is 3.45. The SMILES string of the molecule is C[C@H](NC(=O)COC(=O)Nc1ccc(C(=N)N)cc1)c1ccccc1. The number of nitrogens with two attached hydrogens (primary N) is 1. The van der Waals surface area contributed by atoms with Crippen molar-refractivity contribution in [3.8, 4) is 0 Å². The van der Waals surface area contributed by atoms with Crippen LogP contribution in [0.3, 0.4) is 0 Å². The molecular formula is C18H20N4O3. The van der Waals surface area contributed by atoms with Gasteiger partial charge in [0.2, 0.25) is 0 Å². The maximum atomic E-state index is 11.8. The normalized spacial score (nSPS) is 11.2. The zero-order chi connectivity index (χ0) is 18.2. The molecule has 2 aromatic carbocycles. The number of carbonyl (C=O) groups excluding carboxylic acids is 2. The van der Waals surface area contributed by atoms with Crippen LogP contribution in [0.15, 0.2) is 54.6 Å². The first-order valence-corrected chi connectivity index (χ1v) is 7.68. The van der Waals surface area contributed by atoms with Gasteiger partial charge in [0.1, 0.15) is 5.84 Å². The first-order valence-electron chi connectivity index (χ1n) is 7.68. The lowest BCUT2D eigenvalue weighted by Crippen LogP contribution is -2.31. The quantitative estimate of drug-likeness (QED) is 0.477. The molecule has 2 amide bonds. The van der Waals surface area contributed by atoms with Gasteiger partial charge in [-0.15, -0.1) is 0 Å². The largest absolute Gasteiger partial charge is 0.439 e. The summed E-state index contributed by atoms with van der Waals surface area (Å²) in [5.74, 6) is -0.447. The molecule has 0 aliphatic rings. The Morgan fingerprint density at radius 1 is 1.12 bits per heavy atom. The average molecular weight is 340 g/mol. The predicted octanol–water partition coefficient (Wildman–Crippen LogP) is 2.40. The molecule has 1 atom stereocenters. The number of benzene rings is 2. The molecule has 2 aromatic rings. The minimum atomic E-state index is -0.738. The van der Waals surface area contributed by atoms with Crippen LogP contribution in [0.1, 0.15) is 24.1 Å². The Kier molecular flexibility index (Phi) is 6.11. The molecule has 2 rings (SSSR count). The Hall–Kier alpha value is -3.35. The highest BCUT2D eigenvalue weighted by Gasteiger charge is 2.12. The van der Waals surface area contributed by atoms with E-state index in [0.717, 1.165) is 5.56 Å². The lowest BCUT2D eigenvalue weighted by Gasteiger charge is -2.14. The third kappa shape index (κ3) is 5.65. The summed E-state index contributed by atoms with van der Waals surface area (Å²) in [5.41, 5.74) is 7.35. The summed E-state index contributed by atoms with van der Waals surface area (Å²) in [6.45, 7) is 1.47. The molecule has 0 saturated heterocycles. The summed E-state index contributed by atoms with van der Waals surface area (Å²) in [5, 5.41) is 12.5. The zero-order valence-corrected chi connectivity index (χ0v) is 13.8. The van der Waals surface area contributed by atoms with Crippen LogP contribution in [-0.2, 0) is 9.53 Å². The molecule has 0 aromatic heterocycles. The number of nitrogen functional groups attached to an aromatic ring is 1. The first kappa shape index (κ1) is 18.0. The Bertz CT molecular complexity index is 745. The van der Waals surface area contributed by atoms with Gasteiger partial charge in [0.05, 0.1) is 6.04 Å². The van der Waals surface area contributed by atoms with Gasteiger partial charge in [0.15, 0.2) is 6.61 Å². The van der Waals surface area contributed by atoms with E-state index in [4.69, 9.17) is 15.9 Å². The summed E-state index contributed by atoms with van der Waals surface area (Å²) < 4.78 is 4.89. The van der Waals surface area contributed by atoms with Crippen molar-refractivity contribution in [2.45, 2.75) is 13.0 Å². The second kappa shape index (κ2) is 8.49. The Morgan fingerprint density at radius 3 is 2.36 bits per heavy atom. The first-order chi connectivity index (χ1) is 12.0. The van der Waals surface area contributed by atoms with Crippen LogP contribution in [-0.4, -0.2) is 24.4 Å². The van der Waals surface area contributed by atoms with Crippen molar-refractivity contribution in [3.63, 3.8) is 0 Å². The molecule has 0 fully saturated rings. The molecule has 0 bridgehead atoms. The van der Waals surface area contributed by atoms with E-state index < -0.39 is 12.0 Å². The number of amides is 2. The van der Waals surface area contributed by atoms with E-state index in [0.29, 0.717) is 11.3 Å². The van der Waals surface area contributed by atoms with Crippen molar-refractivity contribution in [2.24, 2.45) is 5.73 Å². The molecule has 5 N–H and O–H groups in total. The topological polar surface area (TPSA) is 117 Å². The summed E-state index contributed by atoms with van der Waals surface area (Å²) in [6.07, 6.45) is -0.738. The van der Waals surface area contributed by atoms with E-state index >= 15 is 0 Å². The number of ether oxygens (including phenoxy) is 1. The fourth-order valence-electron chi connectivity index (χ4n) is 2.13. The molecule has 0 aliphatic heterocycles. The number of nitrogens with one attached hydrogen (secondary N) is 3. The molecule has 0 spiro atoms. The van der Waals surface area contributed by atoms with Crippen LogP contribution < -0.4 is 16.4 Å². The van der Waals surface area contributed by atoms with Crippen LogP contribution in [0, 0.1) is 5.41 Å². The number of anilines is 1. The Morgan fingerprint density at radius 2 is 1.76 bits per heavy atom. The lowest BCUT2D eigenvalue weighted by atomic mass is 10.1. The van der Waals surface area contributed by atoms with E-state index in [1.54, 1.807) is 24.3 Å². The monoisotopic (exact) mass is 340 g/mol. The Balaban J connectivity index is 1.77. The minimum Gasteiger partial charge on any atom is -0.439 e. The van der Waals surface area contributed by atoms with Gasteiger partial charge in [-0.05, 0) is 36.8 Å². The molecule has 25 heavy (non-hydrogen) atoms. The van der Waals surface area contributed by atoms with Crippen molar-refractivity contribution >= 4 is 23.5 Å². The number of hydrogen-bond donors (Lipinski definition) is 4. The van der Waals surface area contributed by atoms with Crippen molar-refractivity contribution in [1.82, 2.24) is 5.32 Å². The maximum absolute atomic E-state index is 11.8. The molecule has 0 heterocycles. The van der Waals surface area contributed by atoms with Crippen molar-refractivity contribution in [3.05, 3.63) is 65.7 Å². The molecule has 7 heteroatoms. The van der Waals surface area contributed by atoms with Gasteiger partial charge in [-0.3, -0.25) is 15.5 Å². The number of rotatable bonds is 6. The fraction of sp³-hybridized carbons (Fsp3) is 0.167. The van der Waals surface area contributed by atoms with Crippen molar-refractivity contribution in [1.29, 1.82) is 5.41 Å². The zero-order valence-electron chi connectivity index (χ0n) is 13.8. The van der Waals surface area contributed by atoms with E-state index in [2.05, 4.69) is 10.6 Å². The highest BCUT2D eigenvalue weighted by molar-refractivity contribution is 5.95. The number of carbonyl (C=O) groups is 2. The van der Waals surface area contributed by atoms with Gasteiger partial charge >= 0.3 is 6.09 Å². The van der Waals surface area contributed by atoms with Gasteiger partial charge in [-0.25, -0.2) is 4.79 Å². The standard InChI is InChI=1S/C18H20N4O3/c1-12(13-5-3-2-4-6-13)21-16(23)11-25-18(24)22-15-9-7-14(8-10-15)17(19)20/h2-10,12H,11H2,1H3,(H3,19,20)(H,21,23)(H,22,24)/t12-/m0/s1. The number of hydrogen-bond acceptors (Lipinski definition) is 4. The lowest BCUT2D eigenvalue weighted by molar-refractivity contribution is -0.124. The molecule has 0 saturated carbocycles. The van der Waals surface area contributed by atoms with Gasteiger partial charge < -0.3 is 15.8 Å². The van der Waals surface area contributed by atoms with Crippen LogP contribution in [0.4, 0.5) is 10.5 Å². The molecule has 0 radical (unpaired) electrons. The molecule has 130 valence electrons. The van der Waals surface area contributed by atoms with Gasteiger partial charge in [-0.2, -0.15) is 0 Å². The Labute approximate surface area is 145 Å².